The molecule has 4 heterocycles. The van der Waals surface area contributed by atoms with E-state index in [2.05, 4.69) is 20.1 Å². The lowest BCUT2D eigenvalue weighted by atomic mass is 9.89. The minimum Gasteiger partial charge on any atom is -0.373 e. The third-order valence-corrected chi connectivity index (χ3v) is 6.92. The predicted octanol–water partition coefficient (Wildman–Crippen LogP) is 6.46. The van der Waals surface area contributed by atoms with Crippen LogP contribution in [0.15, 0.2) is 36.7 Å². The van der Waals surface area contributed by atoms with Crippen LogP contribution >= 0.6 is 0 Å². The van der Waals surface area contributed by atoms with Crippen molar-refractivity contribution in [1.82, 2.24) is 24.7 Å². The largest absolute Gasteiger partial charge is 0.435 e. The minimum atomic E-state index is -4.75. The molecule has 0 spiro atoms. The molecule has 1 aliphatic carbocycles. The maximum Gasteiger partial charge on any atom is 0.435 e. The second-order valence-corrected chi connectivity index (χ2v) is 9.61. The monoisotopic (exact) mass is 515 g/mol. The molecule has 1 aliphatic heterocycles. The predicted molar refractivity (Wildman–Crippen MR) is 124 cm³/mol. The van der Waals surface area contributed by atoms with Crippen LogP contribution in [0.2, 0.25) is 0 Å². The number of alkyl halides is 3. The van der Waals surface area contributed by atoms with E-state index in [1.165, 1.54) is 6.92 Å². The lowest BCUT2D eigenvalue weighted by molar-refractivity contribution is -0.141. The highest BCUT2D eigenvalue weighted by molar-refractivity contribution is 5.89. The van der Waals surface area contributed by atoms with Gasteiger partial charge in [-0.05, 0) is 50.8 Å². The Labute approximate surface area is 208 Å². The number of hydrogen-bond donors (Lipinski definition) is 0. The lowest BCUT2D eigenvalue weighted by Gasteiger charge is -2.29. The van der Waals surface area contributed by atoms with E-state index in [9.17, 15) is 22.0 Å². The van der Waals surface area contributed by atoms with Gasteiger partial charge in [0.1, 0.15) is 22.8 Å². The Balaban J connectivity index is 1.44. The fourth-order valence-electron chi connectivity index (χ4n) is 4.87. The second kappa shape index (κ2) is 8.83. The number of hydrogen-bond acceptors (Lipinski definition) is 5. The van der Waals surface area contributed by atoms with E-state index >= 15 is 0 Å². The topological polar surface area (TPSA) is 65.7 Å². The first-order valence-corrected chi connectivity index (χ1v) is 12.0. The summed E-state index contributed by atoms with van der Waals surface area (Å²) in [7, 11) is 0. The van der Waals surface area contributed by atoms with Crippen LogP contribution < -0.4 is 0 Å². The Morgan fingerprint density at radius 2 is 1.84 bits per heavy atom. The van der Waals surface area contributed by atoms with E-state index in [1.54, 1.807) is 12.3 Å². The molecule has 0 N–H and O–H groups in total. The molecule has 2 aliphatic rings. The molecular weight excluding hydrogens is 493 g/mol. The normalized spacial score (nSPS) is 20.5. The number of aryl methyl sites for hydroxylation is 1. The summed E-state index contributed by atoms with van der Waals surface area (Å²) in [6, 6.07) is 4.91. The van der Waals surface area contributed by atoms with Gasteiger partial charge in [-0.3, -0.25) is 4.68 Å². The molecule has 1 saturated carbocycles. The number of halogens is 5. The standard InChI is InChI=1S/C26H22F5N5O/c1-13-25(26(29,30)31)35-24-21(33-13)10-20(34-23(24)18-5-2-16(27)9-19(18)28)14-6-7-37-22(8-14)15-11-32-36(12-15)17-3-4-17/h2,5,9-12,14,17,22H,3-4,6-8H2,1H3/t14-,22+/m1/s1. The fourth-order valence-corrected chi connectivity index (χ4v) is 4.87. The first-order valence-electron chi connectivity index (χ1n) is 12.0. The SMILES string of the molecule is Cc1nc2cc([C@@H]3CCO[C@H](c4cnn(C5CC5)c4)C3)nc(-c3ccc(F)cc3F)c2nc1C(F)(F)F. The Kier molecular flexibility index (Phi) is 5.70. The van der Waals surface area contributed by atoms with Gasteiger partial charge in [0, 0.05) is 41.6 Å². The number of fused-ring (bicyclic) bond motifs is 1. The van der Waals surface area contributed by atoms with Crippen molar-refractivity contribution in [2.75, 3.05) is 6.61 Å². The van der Waals surface area contributed by atoms with Gasteiger partial charge in [-0.2, -0.15) is 18.3 Å². The third kappa shape index (κ3) is 4.56. The van der Waals surface area contributed by atoms with Crippen LogP contribution in [0.4, 0.5) is 22.0 Å². The molecule has 1 saturated heterocycles. The van der Waals surface area contributed by atoms with E-state index in [-0.39, 0.29) is 40.0 Å². The van der Waals surface area contributed by atoms with Crippen LogP contribution in [-0.4, -0.2) is 31.3 Å². The van der Waals surface area contributed by atoms with Gasteiger partial charge < -0.3 is 4.74 Å². The highest BCUT2D eigenvalue weighted by Crippen LogP contribution is 2.41. The molecule has 2 atom stereocenters. The van der Waals surface area contributed by atoms with Crippen molar-refractivity contribution < 1.29 is 26.7 Å². The summed E-state index contributed by atoms with van der Waals surface area (Å²) in [6.45, 7) is 1.68. The highest BCUT2D eigenvalue weighted by Gasteiger charge is 2.36. The van der Waals surface area contributed by atoms with Crippen molar-refractivity contribution in [3.8, 4) is 11.3 Å². The zero-order chi connectivity index (χ0) is 25.9. The van der Waals surface area contributed by atoms with E-state index in [0.717, 1.165) is 30.5 Å². The van der Waals surface area contributed by atoms with Gasteiger partial charge in [-0.25, -0.2) is 23.7 Å². The average Bonchev–Trinajstić information content (AvgIpc) is 3.58. The molecule has 0 amide bonds. The molecule has 1 aromatic carbocycles. The van der Waals surface area contributed by atoms with Gasteiger partial charge in [-0.15, -0.1) is 0 Å². The van der Waals surface area contributed by atoms with Crippen molar-refractivity contribution in [2.24, 2.45) is 0 Å². The molecule has 11 heteroatoms. The Morgan fingerprint density at radius 1 is 1.03 bits per heavy atom. The molecule has 4 aromatic rings. The zero-order valence-electron chi connectivity index (χ0n) is 19.8. The molecule has 6 nitrogen and oxygen atoms in total. The van der Waals surface area contributed by atoms with Crippen LogP contribution in [0.3, 0.4) is 0 Å². The summed E-state index contributed by atoms with van der Waals surface area (Å²) in [5.74, 6) is -1.88. The Bertz CT molecular complexity index is 1500. The average molecular weight is 515 g/mol. The molecular formula is C26H22F5N5O. The summed E-state index contributed by atoms with van der Waals surface area (Å²) < 4.78 is 77.2. The number of benzene rings is 1. The van der Waals surface area contributed by atoms with Crippen LogP contribution in [0.25, 0.3) is 22.3 Å². The van der Waals surface area contributed by atoms with Gasteiger partial charge in [0.05, 0.1) is 29.6 Å². The third-order valence-electron chi connectivity index (χ3n) is 6.92. The maximum atomic E-state index is 14.8. The fraction of sp³-hybridized carbons (Fsp3) is 0.385. The zero-order valence-corrected chi connectivity index (χ0v) is 19.8. The second-order valence-electron chi connectivity index (χ2n) is 9.61. The number of rotatable bonds is 4. The molecule has 37 heavy (non-hydrogen) atoms. The first-order chi connectivity index (χ1) is 17.7. The van der Waals surface area contributed by atoms with Crippen LogP contribution in [0.1, 0.15) is 66.4 Å². The summed E-state index contributed by atoms with van der Waals surface area (Å²) in [4.78, 5) is 12.6. The molecule has 2 fully saturated rings. The molecule has 0 unspecified atom stereocenters. The van der Waals surface area contributed by atoms with Crippen molar-refractivity contribution in [2.45, 2.75) is 56.8 Å². The van der Waals surface area contributed by atoms with Gasteiger partial charge in [0.15, 0.2) is 5.69 Å². The quantitative estimate of drug-likeness (QED) is 0.292. The van der Waals surface area contributed by atoms with Crippen LogP contribution in [0, 0.1) is 18.6 Å². The van der Waals surface area contributed by atoms with E-state index in [0.29, 0.717) is 37.3 Å². The molecule has 6 rings (SSSR count). The number of nitrogens with zero attached hydrogens (tertiary/aromatic N) is 5. The maximum absolute atomic E-state index is 14.8. The van der Waals surface area contributed by atoms with Crippen molar-refractivity contribution in [3.63, 3.8) is 0 Å². The van der Waals surface area contributed by atoms with Gasteiger partial charge >= 0.3 is 6.18 Å². The van der Waals surface area contributed by atoms with Gasteiger partial charge in [0.25, 0.3) is 0 Å². The Morgan fingerprint density at radius 3 is 2.57 bits per heavy atom. The number of pyridine rings is 1. The molecule has 0 bridgehead atoms. The van der Waals surface area contributed by atoms with Crippen LogP contribution in [0.5, 0.6) is 0 Å². The number of aromatic nitrogens is 5. The molecule has 0 radical (unpaired) electrons. The molecule has 3 aromatic heterocycles. The summed E-state index contributed by atoms with van der Waals surface area (Å²) in [5.41, 5.74) is -0.242. The Hall–Kier alpha value is -3.47. The minimum absolute atomic E-state index is 0.104. The van der Waals surface area contributed by atoms with Crippen molar-refractivity contribution in [1.29, 1.82) is 0 Å². The van der Waals surface area contributed by atoms with Gasteiger partial charge in [0.2, 0.25) is 0 Å². The van der Waals surface area contributed by atoms with Crippen molar-refractivity contribution >= 4 is 11.0 Å². The first kappa shape index (κ1) is 23.9. The smallest absolute Gasteiger partial charge is 0.373 e. The summed E-state index contributed by atoms with van der Waals surface area (Å²) in [6.07, 6.45) is 2.21. The lowest BCUT2D eigenvalue weighted by Crippen LogP contribution is -2.20. The molecule has 192 valence electrons. The van der Waals surface area contributed by atoms with Crippen molar-refractivity contribution in [3.05, 3.63) is 70.9 Å². The van der Waals surface area contributed by atoms with E-state index in [1.807, 2.05) is 10.9 Å². The van der Waals surface area contributed by atoms with Crippen LogP contribution in [-0.2, 0) is 10.9 Å². The van der Waals surface area contributed by atoms with Gasteiger partial charge in [-0.1, -0.05) is 0 Å². The van der Waals surface area contributed by atoms with E-state index < -0.39 is 23.5 Å². The van der Waals surface area contributed by atoms with E-state index in [4.69, 9.17) is 4.74 Å². The number of ether oxygens (including phenoxy) is 1. The highest BCUT2D eigenvalue weighted by atomic mass is 19.4. The summed E-state index contributed by atoms with van der Waals surface area (Å²) in [5, 5.41) is 4.44. The summed E-state index contributed by atoms with van der Waals surface area (Å²) >= 11 is 0.